The molecule has 0 radical (unpaired) electrons. The fraction of sp³-hybridized carbons (Fsp3) is 0.0833. The summed E-state index contributed by atoms with van der Waals surface area (Å²) in [6.45, 7) is 1.53. The summed E-state index contributed by atoms with van der Waals surface area (Å²) in [5.41, 5.74) is 0.791. The highest BCUT2D eigenvalue weighted by molar-refractivity contribution is 6.10. The van der Waals surface area contributed by atoms with E-state index in [4.69, 9.17) is 0 Å². The number of halogens is 3. The van der Waals surface area contributed by atoms with Gasteiger partial charge in [-0.15, -0.1) is 5.10 Å². The van der Waals surface area contributed by atoms with Crippen LogP contribution in [-0.2, 0) is 6.18 Å². The standard InChI is InChI=1S/C24H17F3N4O2/c1-15-21(29-30-31(15)20-12-6-10-18(14-20)24(25,26)27)23(33)28-19-11-5-9-17(13-19)22(32)16-7-3-2-4-8-16/h2-14H,1H3,(H,28,33). The van der Waals surface area contributed by atoms with Gasteiger partial charge in [0.05, 0.1) is 16.9 Å². The number of ketones is 1. The Kier molecular flexibility index (Phi) is 5.78. The molecule has 166 valence electrons. The molecule has 3 aromatic carbocycles. The molecule has 0 saturated carbocycles. The van der Waals surface area contributed by atoms with Gasteiger partial charge < -0.3 is 5.32 Å². The number of alkyl halides is 3. The van der Waals surface area contributed by atoms with Crippen LogP contribution in [0.5, 0.6) is 0 Å². The van der Waals surface area contributed by atoms with Gasteiger partial charge in [-0.1, -0.05) is 53.7 Å². The van der Waals surface area contributed by atoms with Crippen LogP contribution in [0.2, 0.25) is 0 Å². The van der Waals surface area contributed by atoms with Crippen LogP contribution in [-0.4, -0.2) is 26.7 Å². The van der Waals surface area contributed by atoms with Crippen molar-refractivity contribution in [1.29, 1.82) is 0 Å². The number of nitrogens with zero attached hydrogens (tertiary/aromatic N) is 3. The highest BCUT2D eigenvalue weighted by atomic mass is 19.4. The molecule has 1 N–H and O–H groups in total. The summed E-state index contributed by atoms with van der Waals surface area (Å²) in [7, 11) is 0. The number of carbonyl (C=O) groups excluding carboxylic acids is 2. The van der Waals surface area contributed by atoms with Gasteiger partial charge in [0, 0.05) is 16.8 Å². The zero-order valence-electron chi connectivity index (χ0n) is 17.3. The molecule has 1 amide bonds. The quantitative estimate of drug-likeness (QED) is 0.431. The van der Waals surface area contributed by atoms with Crippen LogP contribution < -0.4 is 5.32 Å². The average Bonchev–Trinajstić information content (AvgIpc) is 3.20. The molecule has 0 unspecified atom stereocenters. The molecule has 1 heterocycles. The molecule has 0 saturated heterocycles. The van der Waals surface area contributed by atoms with Crippen LogP contribution >= 0.6 is 0 Å². The minimum absolute atomic E-state index is 0.0489. The first kappa shape index (κ1) is 21.9. The van der Waals surface area contributed by atoms with Gasteiger partial charge in [0.1, 0.15) is 0 Å². The van der Waals surface area contributed by atoms with Crippen molar-refractivity contribution in [1.82, 2.24) is 15.0 Å². The summed E-state index contributed by atoms with van der Waals surface area (Å²) in [5.74, 6) is -0.798. The zero-order valence-corrected chi connectivity index (χ0v) is 17.3. The van der Waals surface area contributed by atoms with Crippen molar-refractivity contribution in [3.63, 3.8) is 0 Å². The molecule has 0 bridgehead atoms. The molecule has 0 aliphatic rings. The van der Waals surface area contributed by atoms with Gasteiger partial charge in [-0.05, 0) is 37.3 Å². The number of anilines is 1. The van der Waals surface area contributed by atoms with Crippen LogP contribution in [0.4, 0.5) is 18.9 Å². The first-order valence-electron chi connectivity index (χ1n) is 9.85. The van der Waals surface area contributed by atoms with E-state index < -0.39 is 17.6 Å². The van der Waals surface area contributed by atoms with Crippen molar-refractivity contribution >= 4 is 17.4 Å². The molecule has 1 aromatic heterocycles. The van der Waals surface area contributed by atoms with Gasteiger partial charge in [-0.2, -0.15) is 13.2 Å². The van der Waals surface area contributed by atoms with E-state index in [9.17, 15) is 22.8 Å². The van der Waals surface area contributed by atoms with Crippen molar-refractivity contribution in [2.75, 3.05) is 5.32 Å². The molecule has 0 fully saturated rings. The lowest BCUT2D eigenvalue weighted by atomic mass is 10.0. The van der Waals surface area contributed by atoms with Gasteiger partial charge >= 0.3 is 6.18 Å². The molecule has 33 heavy (non-hydrogen) atoms. The maximum absolute atomic E-state index is 13.0. The van der Waals surface area contributed by atoms with Gasteiger partial charge in [-0.25, -0.2) is 4.68 Å². The first-order chi connectivity index (χ1) is 15.7. The number of aromatic nitrogens is 3. The summed E-state index contributed by atoms with van der Waals surface area (Å²) in [5, 5.41) is 10.3. The minimum atomic E-state index is -4.51. The highest BCUT2D eigenvalue weighted by Gasteiger charge is 2.31. The Morgan fingerprint density at radius 3 is 2.30 bits per heavy atom. The van der Waals surface area contributed by atoms with E-state index in [1.807, 2.05) is 6.07 Å². The van der Waals surface area contributed by atoms with Gasteiger partial charge in [0.2, 0.25) is 0 Å². The first-order valence-corrected chi connectivity index (χ1v) is 9.85. The summed E-state index contributed by atoms with van der Waals surface area (Å²) < 4.78 is 40.2. The largest absolute Gasteiger partial charge is 0.416 e. The summed E-state index contributed by atoms with van der Waals surface area (Å²) in [6.07, 6.45) is -4.51. The molecule has 0 aliphatic heterocycles. The van der Waals surface area contributed by atoms with Gasteiger partial charge in [0.15, 0.2) is 11.5 Å². The maximum Gasteiger partial charge on any atom is 0.416 e. The Morgan fingerprint density at radius 1 is 0.879 bits per heavy atom. The van der Waals surface area contributed by atoms with E-state index in [-0.39, 0.29) is 22.9 Å². The second-order valence-electron chi connectivity index (χ2n) is 7.21. The monoisotopic (exact) mass is 450 g/mol. The third-order valence-electron chi connectivity index (χ3n) is 4.95. The van der Waals surface area contributed by atoms with Crippen molar-refractivity contribution in [2.45, 2.75) is 13.1 Å². The topological polar surface area (TPSA) is 76.9 Å². The Bertz CT molecular complexity index is 1330. The zero-order chi connectivity index (χ0) is 23.6. The number of nitrogens with one attached hydrogen (secondary N) is 1. The molecular formula is C24H17F3N4O2. The molecule has 0 aliphatic carbocycles. The highest BCUT2D eigenvalue weighted by Crippen LogP contribution is 2.30. The third kappa shape index (κ3) is 4.67. The fourth-order valence-corrected chi connectivity index (χ4v) is 3.28. The van der Waals surface area contributed by atoms with Crippen molar-refractivity contribution in [3.05, 3.63) is 107 Å². The number of benzene rings is 3. The van der Waals surface area contributed by atoms with Crippen LogP contribution in [0.15, 0.2) is 78.9 Å². The molecule has 9 heteroatoms. The Labute approximate surface area is 186 Å². The van der Waals surface area contributed by atoms with Crippen LogP contribution in [0, 0.1) is 6.92 Å². The van der Waals surface area contributed by atoms with Crippen molar-refractivity contribution < 1.29 is 22.8 Å². The molecule has 0 spiro atoms. The summed E-state index contributed by atoms with van der Waals surface area (Å²) in [6, 6.07) is 19.7. The van der Waals surface area contributed by atoms with E-state index in [1.165, 1.54) is 23.7 Å². The lowest BCUT2D eigenvalue weighted by Gasteiger charge is -2.09. The second kappa shape index (κ2) is 8.70. The molecule has 4 rings (SSSR count). The fourth-order valence-electron chi connectivity index (χ4n) is 3.28. The predicted molar refractivity (Wildman–Crippen MR) is 115 cm³/mol. The van der Waals surface area contributed by atoms with Crippen molar-refractivity contribution in [3.8, 4) is 5.69 Å². The maximum atomic E-state index is 13.0. The van der Waals surface area contributed by atoms with Crippen molar-refractivity contribution in [2.24, 2.45) is 0 Å². The average molecular weight is 450 g/mol. The molecular weight excluding hydrogens is 433 g/mol. The van der Waals surface area contributed by atoms with Gasteiger partial charge in [0.25, 0.3) is 5.91 Å². The van der Waals surface area contributed by atoms with E-state index in [2.05, 4.69) is 15.6 Å². The van der Waals surface area contributed by atoms with Gasteiger partial charge in [-0.3, -0.25) is 9.59 Å². The lowest BCUT2D eigenvalue weighted by molar-refractivity contribution is -0.137. The molecule has 6 nitrogen and oxygen atoms in total. The smallest absolute Gasteiger partial charge is 0.321 e. The third-order valence-corrected chi connectivity index (χ3v) is 4.95. The van der Waals surface area contributed by atoms with Crippen LogP contribution in [0.1, 0.15) is 37.7 Å². The van der Waals surface area contributed by atoms with E-state index >= 15 is 0 Å². The second-order valence-corrected chi connectivity index (χ2v) is 7.21. The Balaban J connectivity index is 1.56. The summed E-state index contributed by atoms with van der Waals surface area (Å²) >= 11 is 0. The normalized spacial score (nSPS) is 11.3. The minimum Gasteiger partial charge on any atom is -0.321 e. The van der Waals surface area contributed by atoms with E-state index in [1.54, 1.807) is 48.5 Å². The number of hydrogen-bond donors (Lipinski definition) is 1. The predicted octanol–water partition coefficient (Wildman–Crippen LogP) is 5.08. The number of amides is 1. The molecule has 4 aromatic rings. The summed E-state index contributed by atoms with van der Waals surface area (Å²) in [4.78, 5) is 25.4. The SMILES string of the molecule is Cc1c(C(=O)Nc2cccc(C(=O)c3ccccc3)c2)nnn1-c1cccc(C(F)(F)F)c1. The number of rotatable bonds is 5. The molecule has 0 atom stereocenters. The number of carbonyl (C=O) groups is 2. The Morgan fingerprint density at radius 2 is 1.58 bits per heavy atom. The number of hydrogen-bond acceptors (Lipinski definition) is 4. The Hall–Kier alpha value is -4.27. The van der Waals surface area contributed by atoms with Crippen LogP contribution in [0.3, 0.4) is 0 Å². The lowest BCUT2D eigenvalue weighted by Crippen LogP contribution is -2.15. The van der Waals surface area contributed by atoms with E-state index in [0.29, 0.717) is 16.8 Å². The van der Waals surface area contributed by atoms with E-state index in [0.717, 1.165) is 12.1 Å². The van der Waals surface area contributed by atoms with Crippen LogP contribution in [0.25, 0.3) is 5.69 Å².